The number of aliphatic hydroxyl groups excluding tert-OH is 1. The first kappa shape index (κ1) is 7.96. The Morgan fingerprint density at radius 2 is 2.33 bits per heavy atom. The standard InChI is InChI=1S/C3H9N3O3/c1-5(2-3-7)6(9)4-8/h7-8H,2-3H2,1H3. The van der Waals surface area contributed by atoms with E-state index >= 15 is 0 Å². The fourth-order valence-corrected chi connectivity index (χ4v) is 0.299. The maximum absolute atomic E-state index is 10.2. The lowest BCUT2D eigenvalue weighted by molar-refractivity contribution is -0.704. The third kappa shape index (κ3) is 2.70. The minimum absolute atomic E-state index is 0.0176. The highest BCUT2D eigenvalue weighted by Crippen LogP contribution is 1.81. The molecule has 0 aliphatic rings. The largest absolute Gasteiger partial charge is 0.569 e. The normalized spacial score (nSPS) is 11.6. The lowest BCUT2D eigenvalue weighted by Gasteiger charge is -2.08. The summed E-state index contributed by atoms with van der Waals surface area (Å²) in [7, 11) is 1.39. The number of rotatable bonds is 3. The van der Waals surface area contributed by atoms with E-state index < -0.39 is 0 Å². The van der Waals surface area contributed by atoms with Gasteiger partial charge in [0, 0.05) is 0 Å². The summed E-state index contributed by atoms with van der Waals surface area (Å²) in [6.07, 6.45) is 0. The van der Waals surface area contributed by atoms with Crippen molar-refractivity contribution in [2.24, 2.45) is 5.28 Å². The molecule has 0 aromatic heterocycles. The monoisotopic (exact) mass is 135 g/mol. The molecule has 0 aromatic rings. The smallest absolute Gasteiger partial charge is 0.230 e. The number of likely N-dealkylation sites (N-methyl/N-ethyl adjacent to an activating group) is 1. The highest BCUT2D eigenvalue weighted by molar-refractivity contribution is 4.28. The summed E-state index contributed by atoms with van der Waals surface area (Å²) >= 11 is 0. The van der Waals surface area contributed by atoms with Gasteiger partial charge in [-0.1, -0.05) is 0 Å². The third-order valence-electron chi connectivity index (χ3n) is 0.792. The number of nitrogens with zero attached hydrogens (tertiary/aromatic N) is 3. The van der Waals surface area contributed by atoms with Crippen LogP contribution in [0.3, 0.4) is 0 Å². The van der Waals surface area contributed by atoms with Crippen LogP contribution in [0.2, 0.25) is 0 Å². The van der Waals surface area contributed by atoms with Crippen LogP contribution in [-0.2, 0) is 0 Å². The van der Waals surface area contributed by atoms with Crippen molar-refractivity contribution >= 4 is 0 Å². The van der Waals surface area contributed by atoms with Crippen LogP contribution in [-0.4, -0.2) is 40.5 Å². The Morgan fingerprint density at radius 3 is 2.67 bits per heavy atom. The number of hydrogen-bond acceptors (Lipinski definition) is 3. The van der Waals surface area contributed by atoms with Crippen LogP contribution < -0.4 is 0 Å². The molecule has 0 amide bonds. The Balaban J connectivity index is 3.59. The van der Waals surface area contributed by atoms with E-state index in [0.717, 1.165) is 5.01 Å². The van der Waals surface area contributed by atoms with E-state index in [4.69, 9.17) is 10.3 Å². The van der Waals surface area contributed by atoms with Crippen LogP contribution in [0.1, 0.15) is 0 Å². The van der Waals surface area contributed by atoms with Gasteiger partial charge in [0.25, 0.3) is 0 Å². The first-order valence-corrected chi connectivity index (χ1v) is 2.36. The van der Waals surface area contributed by atoms with Gasteiger partial charge < -0.3 is 15.5 Å². The fraction of sp³-hybridized carbons (Fsp3) is 1.00. The molecule has 6 nitrogen and oxygen atoms in total. The molecule has 6 heteroatoms. The molecule has 0 saturated carbocycles. The van der Waals surface area contributed by atoms with Crippen molar-refractivity contribution in [2.75, 3.05) is 20.2 Å². The number of aliphatic hydroxyl groups is 1. The van der Waals surface area contributed by atoms with Gasteiger partial charge in [-0.2, -0.15) is 0 Å². The molecule has 0 aromatic carbocycles. The van der Waals surface area contributed by atoms with Crippen LogP contribution in [0.25, 0.3) is 0 Å². The molecule has 9 heavy (non-hydrogen) atoms. The summed E-state index contributed by atoms with van der Waals surface area (Å²) < 4.78 is 0. The molecule has 0 rings (SSSR count). The molecule has 0 bridgehead atoms. The summed E-state index contributed by atoms with van der Waals surface area (Å²) in [5.74, 6) is 0. The van der Waals surface area contributed by atoms with E-state index in [1.165, 1.54) is 7.05 Å². The lowest BCUT2D eigenvalue weighted by Crippen LogP contribution is -2.28. The maximum atomic E-state index is 10.2. The Labute approximate surface area is 52.1 Å². The zero-order chi connectivity index (χ0) is 7.28. The van der Waals surface area contributed by atoms with E-state index in [1.54, 1.807) is 0 Å². The maximum Gasteiger partial charge on any atom is 0.230 e. The minimum atomic E-state index is -0.148. The van der Waals surface area contributed by atoms with Gasteiger partial charge in [0.2, 0.25) is 5.28 Å². The molecule has 0 unspecified atom stereocenters. The molecule has 0 aliphatic carbocycles. The van der Waals surface area contributed by atoms with Crippen molar-refractivity contribution in [3.63, 3.8) is 0 Å². The predicted molar refractivity (Wildman–Crippen MR) is 27.6 cm³/mol. The summed E-state index contributed by atoms with van der Waals surface area (Å²) in [5, 5.41) is 29.6. The van der Waals surface area contributed by atoms with Gasteiger partial charge in [0.15, 0.2) is 0 Å². The minimum Gasteiger partial charge on any atom is -0.569 e. The second-order valence-corrected chi connectivity index (χ2v) is 1.45. The van der Waals surface area contributed by atoms with Crippen LogP contribution in [0.4, 0.5) is 0 Å². The van der Waals surface area contributed by atoms with E-state index in [0.29, 0.717) is 0 Å². The topological polar surface area (TPSA) is 82.1 Å². The quantitative estimate of drug-likeness (QED) is 0.301. The fourth-order valence-electron chi connectivity index (χ4n) is 0.299. The highest BCUT2D eigenvalue weighted by Gasteiger charge is 2.01. The highest BCUT2D eigenvalue weighted by atomic mass is 16.6. The third-order valence-corrected chi connectivity index (χ3v) is 0.792. The Hall–Kier alpha value is -1.04. The van der Waals surface area contributed by atoms with Crippen molar-refractivity contribution in [3.8, 4) is 0 Å². The summed E-state index contributed by atoms with van der Waals surface area (Å²) in [5.41, 5.74) is 0. The molecule has 0 fully saturated rings. The van der Waals surface area contributed by atoms with E-state index in [1.807, 2.05) is 0 Å². The van der Waals surface area contributed by atoms with E-state index in [2.05, 4.69) is 5.28 Å². The predicted octanol–water partition coefficient (Wildman–Crippen LogP) is -0.823. The van der Waals surface area contributed by atoms with Gasteiger partial charge in [-0.25, -0.2) is 0 Å². The molecule has 0 aliphatic heterocycles. The summed E-state index contributed by atoms with van der Waals surface area (Å²) in [6, 6.07) is 0. The van der Waals surface area contributed by atoms with Crippen LogP contribution in [0, 0.1) is 5.21 Å². The Kier molecular flexibility index (Phi) is 3.45. The first-order chi connectivity index (χ1) is 4.22. The number of hydrogen-bond donors (Lipinski definition) is 2. The van der Waals surface area contributed by atoms with Crippen LogP contribution in [0.5, 0.6) is 0 Å². The SMILES string of the molecule is CN(CCO)[N+]([O-])=NO. The molecular formula is C3H9N3O3. The van der Waals surface area contributed by atoms with Crippen molar-refractivity contribution < 1.29 is 15.3 Å². The second-order valence-electron chi connectivity index (χ2n) is 1.45. The van der Waals surface area contributed by atoms with Gasteiger partial charge in [-0.3, -0.25) is 0 Å². The van der Waals surface area contributed by atoms with Gasteiger partial charge >= 0.3 is 0 Å². The first-order valence-electron chi connectivity index (χ1n) is 2.36. The van der Waals surface area contributed by atoms with Crippen molar-refractivity contribution in [1.29, 1.82) is 0 Å². The van der Waals surface area contributed by atoms with E-state index in [9.17, 15) is 5.21 Å². The van der Waals surface area contributed by atoms with Crippen LogP contribution in [0.15, 0.2) is 5.28 Å². The van der Waals surface area contributed by atoms with Crippen molar-refractivity contribution in [3.05, 3.63) is 5.21 Å². The lowest BCUT2D eigenvalue weighted by atomic mass is 10.7. The summed E-state index contributed by atoms with van der Waals surface area (Å²) in [6.45, 7) is -0.00167. The number of hydrazine groups is 1. The van der Waals surface area contributed by atoms with Gasteiger partial charge in [-0.05, 0) is 0 Å². The molecule has 0 spiro atoms. The van der Waals surface area contributed by atoms with Crippen molar-refractivity contribution in [2.45, 2.75) is 0 Å². The summed E-state index contributed by atoms with van der Waals surface area (Å²) in [4.78, 5) is -0.0176. The molecule has 54 valence electrons. The second kappa shape index (κ2) is 3.90. The van der Waals surface area contributed by atoms with E-state index in [-0.39, 0.29) is 18.1 Å². The zero-order valence-corrected chi connectivity index (χ0v) is 5.06. The van der Waals surface area contributed by atoms with Crippen molar-refractivity contribution in [1.82, 2.24) is 5.01 Å². The van der Waals surface area contributed by atoms with Gasteiger partial charge in [-0.15, -0.1) is 5.01 Å². The van der Waals surface area contributed by atoms with Gasteiger partial charge in [0.05, 0.1) is 25.2 Å². The molecule has 0 heterocycles. The Bertz CT molecular complexity index is 104. The average molecular weight is 135 g/mol. The average Bonchev–Trinajstić information content (AvgIpc) is 1.87. The van der Waals surface area contributed by atoms with Crippen LogP contribution >= 0.6 is 0 Å². The zero-order valence-electron chi connectivity index (χ0n) is 5.06. The molecule has 2 N–H and O–H groups in total. The molecular weight excluding hydrogens is 126 g/mol. The Morgan fingerprint density at radius 1 is 1.78 bits per heavy atom. The molecule has 0 radical (unpaired) electrons. The molecule has 0 saturated heterocycles. The van der Waals surface area contributed by atoms with Gasteiger partial charge in [0.1, 0.15) is 0 Å². The molecule has 0 atom stereocenters.